The van der Waals surface area contributed by atoms with Crippen molar-refractivity contribution >= 4 is 27.5 Å². The van der Waals surface area contributed by atoms with E-state index in [-0.39, 0.29) is 16.7 Å². The quantitative estimate of drug-likeness (QED) is 0.0759. The van der Waals surface area contributed by atoms with E-state index in [1.165, 1.54) is 118 Å². The van der Waals surface area contributed by atoms with Crippen LogP contribution in [0.2, 0.25) is 0 Å². The standard InChI is InChI=1S/C36H51OS/c1-2-3-4-5-6-7-8-9-10-11-12-13-14-15-16-22-29-38(31-36(37)33-24-18-17-19-25-33)35-28-27-32-23-20-21-26-34(32)30-35/h17-21,23-28,30H,2-16,22,29,31H2,1H3/q+1. The van der Waals surface area contributed by atoms with Crippen molar-refractivity contribution in [3.63, 3.8) is 0 Å². The first-order chi connectivity index (χ1) is 18.8. The Kier molecular flexibility index (Phi) is 15.3. The molecule has 0 bridgehead atoms. The predicted octanol–water partition coefficient (Wildman–Crippen LogP) is 11.0. The molecule has 0 N–H and O–H groups in total. The van der Waals surface area contributed by atoms with Gasteiger partial charge in [-0.15, -0.1) is 0 Å². The van der Waals surface area contributed by atoms with E-state index in [9.17, 15) is 4.79 Å². The molecule has 0 saturated heterocycles. The van der Waals surface area contributed by atoms with Crippen LogP contribution in [-0.4, -0.2) is 17.3 Å². The van der Waals surface area contributed by atoms with Gasteiger partial charge in [0.05, 0.1) is 0 Å². The van der Waals surface area contributed by atoms with Crippen molar-refractivity contribution in [3.8, 4) is 0 Å². The number of rotatable bonds is 21. The SMILES string of the molecule is CCCCCCCCCCCCCCCCCC[S+](CC(=O)c1ccccc1)c1ccc2ccccc2c1. The molecule has 0 spiro atoms. The van der Waals surface area contributed by atoms with Gasteiger partial charge in [-0.1, -0.05) is 151 Å². The number of fused-ring (bicyclic) bond motifs is 1. The normalized spacial score (nSPS) is 12.1. The monoisotopic (exact) mass is 531 g/mol. The van der Waals surface area contributed by atoms with Crippen LogP contribution in [0, 0.1) is 0 Å². The first kappa shape index (κ1) is 30.5. The van der Waals surface area contributed by atoms with Gasteiger partial charge < -0.3 is 0 Å². The Morgan fingerprint density at radius 1 is 0.553 bits per heavy atom. The van der Waals surface area contributed by atoms with Crippen molar-refractivity contribution in [1.29, 1.82) is 0 Å². The van der Waals surface area contributed by atoms with Crippen molar-refractivity contribution in [2.24, 2.45) is 0 Å². The van der Waals surface area contributed by atoms with Crippen molar-refractivity contribution in [3.05, 3.63) is 78.4 Å². The predicted molar refractivity (Wildman–Crippen MR) is 170 cm³/mol. The van der Waals surface area contributed by atoms with Crippen LogP contribution in [0.15, 0.2) is 77.7 Å². The number of unbranched alkanes of at least 4 members (excludes halogenated alkanes) is 15. The molecule has 0 aliphatic carbocycles. The highest BCUT2D eigenvalue weighted by Gasteiger charge is 2.26. The van der Waals surface area contributed by atoms with Gasteiger partial charge in [-0.2, -0.15) is 0 Å². The van der Waals surface area contributed by atoms with Gasteiger partial charge in [0, 0.05) is 22.5 Å². The Balaban J connectivity index is 1.33. The van der Waals surface area contributed by atoms with Crippen LogP contribution in [-0.2, 0) is 10.9 Å². The van der Waals surface area contributed by atoms with E-state index < -0.39 is 0 Å². The minimum atomic E-state index is -0.0414. The molecule has 38 heavy (non-hydrogen) atoms. The van der Waals surface area contributed by atoms with E-state index in [0.717, 1.165) is 11.3 Å². The smallest absolute Gasteiger partial charge is 0.212 e. The molecule has 3 rings (SSSR count). The lowest BCUT2D eigenvalue weighted by Gasteiger charge is -2.10. The average molecular weight is 532 g/mol. The minimum absolute atomic E-state index is 0.0414. The Morgan fingerprint density at radius 3 is 1.63 bits per heavy atom. The van der Waals surface area contributed by atoms with Crippen molar-refractivity contribution in [1.82, 2.24) is 0 Å². The van der Waals surface area contributed by atoms with E-state index >= 15 is 0 Å². The van der Waals surface area contributed by atoms with E-state index in [1.54, 1.807) is 0 Å². The summed E-state index contributed by atoms with van der Waals surface area (Å²) < 4.78 is 0. The molecule has 0 fully saturated rings. The lowest BCUT2D eigenvalue weighted by Crippen LogP contribution is -2.20. The van der Waals surface area contributed by atoms with E-state index in [4.69, 9.17) is 0 Å². The lowest BCUT2D eigenvalue weighted by atomic mass is 10.0. The molecule has 3 aromatic carbocycles. The molecule has 1 nitrogen and oxygen atoms in total. The largest absolute Gasteiger partial charge is 0.289 e. The van der Waals surface area contributed by atoms with Gasteiger partial charge in [-0.3, -0.25) is 4.79 Å². The van der Waals surface area contributed by atoms with E-state index in [0.29, 0.717) is 5.75 Å². The summed E-state index contributed by atoms with van der Waals surface area (Å²) in [5, 5.41) is 2.55. The van der Waals surface area contributed by atoms with Crippen LogP contribution >= 0.6 is 0 Å². The minimum Gasteiger partial charge on any atom is -0.289 e. The van der Waals surface area contributed by atoms with Crippen LogP contribution in [0.3, 0.4) is 0 Å². The van der Waals surface area contributed by atoms with Crippen molar-refractivity contribution < 1.29 is 4.79 Å². The number of hydrogen-bond acceptors (Lipinski definition) is 1. The molecule has 0 aliphatic heterocycles. The van der Waals surface area contributed by atoms with Gasteiger partial charge in [-0.05, 0) is 35.7 Å². The van der Waals surface area contributed by atoms with Crippen LogP contribution in [0.5, 0.6) is 0 Å². The molecule has 0 aromatic heterocycles. The molecular weight excluding hydrogens is 480 g/mol. The van der Waals surface area contributed by atoms with Gasteiger partial charge in [0.25, 0.3) is 0 Å². The third-order valence-corrected chi connectivity index (χ3v) is 10.0. The summed E-state index contributed by atoms with van der Waals surface area (Å²) >= 11 is 0. The van der Waals surface area contributed by atoms with Crippen LogP contribution in [0.1, 0.15) is 120 Å². The van der Waals surface area contributed by atoms with Gasteiger partial charge in [0.2, 0.25) is 5.78 Å². The second kappa shape index (κ2) is 19.1. The molecule has 0 amide bonds. The zero-order valence-corrected chi connectivity index (χ0v) is 24.8. The second-order valence-electron chi connectivity index (χ2n) is 10.9. The maximum absolute atomic E-state index is 13.1. The second-order valence-corrected chi connectivity index (χ2v) is 13.1. The number of ketones is 1. The Morgan fingerprint density at radius 2 is 1.05 bits per heavy atom. The highest BCUT2D eigenvalue weighted by molar-refractivity contribution is 7.97. The summed E-state index contributed by atoms with van der Waals surface area (Å²) in [5.74, 6) is 2.02. The lowest BCUT2D eigenvalue weighted by molar-refractivity contribution is 0.102. The number of carbonyl (C=O) groups excluding carboxylic acids is 1. The Hall–Kier alpha value is -2.06. The van der Waals surface area contributed by atoms with Crippen LogP contribution in [0.4, 0.5) is 0 Å². The highest BCUT2D eigenvalue weighted by atomic mass is 32.2. The van der Waals surface area contributed by atoms with Gasteiger partial charge in [-0.25, -0.2) is 0 Å². The van der Waals surface area contributed by atoms with E-state index in [1.807, 2.05) is 30.3 Å². The van der Waals surface area contributed by atoms with Gasteiger partial charge >= 0.3 is 0 Å². The Labute approximate surface area is 236 Å². The summed E-state index contributed by atoms with van der Waals surface area (Å²) in [4.78, 5) is 14.4. The van der Waals surface area contributed by atoms with E-state index in [2.05, 4.69) is 49.4 Å². The fourth-order valence-electron chi connectivity index (χ4n) is 5.31. The molecule has 0 saturated carbocycles. The first-order valence-electron chi connectivity index (χ1n) is 15.5. The molecule has 1 atom stereocenters. The fourth-order valence-corrected chi connectivity index (χ4v) is 7.45. The molecule has 3 aromatic rings. The molecule has 0 radical (unpaired) electrons. The molecule has 2 heteroatoms. The molecule has 0 heterocycles. The zero-order chi connectivity index (χ0) is 26.7. The number of benzene rings is 3. The van der Waals surface area contributed by atoms with Gasteiger partial charge in [0.1, 0.15) is 5.75 Å². The van der Waals surface area contributed by atoms with Crippen LogP contribution < -0.4 is 0 Å². The molecular formula is C36H51OS+. The summed E-state index contributed by atoms with van der Waals surface area (Å²) in [6.45, 7) is 2.29. The maximum Gasteiger partial charge on any atom is 0.212 e. The summed E-state index contributed by atoms with van der Waals surface area (Å²) in [5.41, 5.74) is 0.845. The summed E-state index contributed by atoms with van der Waals surface area (Å²) in [6.07, 6.45) is 22.3. The van der Waals surface area contributed by atoms with Crippen molar-refractivity contribution in [2.45, 2.75) is 115 Å². The van der Waals surface area contributed by atoms with Gasteiger partial charge in [0.15, 0.2) is 10.6 Å². The zero-order valence-electron chi connectivity index (χ0n) is 24.0. The Bertz CT molecular complexity index is 1030. The number of hydrogen-bond donors (Lipinski definition) is 0. The number of carbonyl (C=O) groups is 1. The van der Waals surface area contributed by atoms with Crippen LogP contribution in [0.25, 0.3) is 10.8 Å². The maximum atomic E-state index is 13.1. The first-order valence-corrected chi connectivity index (χ1v) is 17.1. The topological polar surface area (TPSA) is 17.1 Å². The third-order valence-electron chi connectivity index (χ3n) is 7.70. The fraction of sp³-hybridized carbons (Fsp3) is 0.528. The highest BCUT2D eigenvalue weighted by Crippen LogP contribution is 2.24. The van der Waals surface area contributed by atoms with Crippen molar-refractivity contribution in [2.75, 3.05) is 11.5 Å². The average Bonchev–Trinajstić information content (AvgIpc) is 2.96. The number of Topliss-reactive ketones (excluding diaryl/α,β-unsaturated/α-hetero) is 1. The molecule has 0 aliphatic rings. The third kappa shape index (κ3) is 11.8. The molecule has 1 unspecified atom stereocenters. The summed E-state index contributed by atoms with van der Waals surface area (Å²) in [7, 11) is -0.0414. The molecule has 206 valence electrons. The summed E-state index contributed by atoms with van der Waals surface area (Å²) in [6, 6.07) is 25.2.